The first-order chi connectivity index (χ1) is 30.3. The van der Waals surface area contributed by atoms with E-state index in [0.29, 0.717) is 0 Å². The second-order valence-corrected chi connectivity index (χ2v) is 9.01. The van der Waals surface area contributed by atoms with Gasteiger partial charge in [-0.1, -0.05) is 127 Å². The van der Waals surface area contributed by atoms with Crippen LogP contribution >= 0.6 is 0 Å². The van der Waals surface area contributed by atoms with Gasteiger partial charge >= 0.3 is 0 Å². The molecule has 0 fully saturated rings. The highest BCUT2D eigenvalue weighted by Gasteiger charge is 2.20. The number of para-hydroxylation sites is 1. The third-order valence-corrected chi connectivity index (χ3v) is 6.89. The van der Waals surface area contributed by atoms with Gasteiger partial charge in [0.2, 0.25) is 0 Å². The number of furan rings is 1. The molecule has 41 heavy (non-hydrogen) atoms. The van der Waals surface area contributed by atoms with Crippen LogP contribution in [0.15, 0.2) is 149 Å². The predicted octanol–water partition coefficient (Wildman–Crippen LogP) is 11.5. The van der Waals surface area contributed by atoms with E-state index in [1.807, 2.05) is 0 Å². The Bertz CT molecular complexity index is 3740. The van der Waals surface area contributed by atoms with Crippen LogP contribution in [0.25, 0.3) is 87.3 Å². The molecule has 0 N–H and O–H groups in total. The molecule has 0 aliphatic heterocycles. The standard InChI is InChI=1S/C40H24O/c1-2-11-28-25(10-1)20-21-26-24-27(22-23-29(26)28)38-30-12-3-5-14-32(30)39(33-15-6-4-13-31(33)38)35-17-9-19-37-40(35)34-16-7-8-18-36(34)41-37/h1-24H/i1D,2D,3D,4D,5D,6D,7D,8D,9D,10D,11D,12D,13D,14D,15D,16D,17D,18D,19D,20D,21D,22D,23D,24D. The third-order valence-electron chi connectivity index (χ3n) is 6.89. The highest BCUT2D eigenvalue weighted by Crippen LogP contribution is 2.47. The number of hydrogen-bond donors (Lipinski definition) is 0. The fraction of sp³-hybridized carbons (Fsp3) is 0. The molecular weight excluding hydrogens is 496 g/mol. The predicted molar refractivity (Wildman–Crippen MR) is 175 cm³/mol. The Kier molecular flexibility index (Phi) is 1.94. The molecule has 0 unspecified atom stereocenters. The molecule has 190 valence electrons. The second-order valence-electron chi connectivity index (χ2n) is 9.01. The molecule has 0 aliphatic rings. The molecular formula is C40H24O. The monoisotopic (exact) mass is 544 g/mol. The summed E-state index contributed by atoms with van der Waals surface area (Å²) in [5.74, 6) is 0. The van der Waals surface area contributed by atoms with E-state index >= 15 is 0 Å². The first-order valence-electron chi connectivity index (χ1n) is 24.2. The van der Waals surface area contributed by atoms with Gasteiger partial charge in [0.05, 0.1) is 32.9 Å². The van der Waals surface area contributed by atoms with E-state index in [0.717, 1.165) is 0 Å². The summed E-state index contributed by atoms with van der Waals surface area (Å²) in [4.78, 5) is 0. The lowest BCUT2D eigenvalue weighted by Gasteiger charge is -2.18. The van der Waals surface area contributed by atoms with E-state index in [1.54, 1.807) is 0 Å². The Morgan fingerprint density at radius 3 is 1.71 bits per heavy atom. The molecule has 1 aromatic heterocycles. The van der Waals surface area contributed by atoms with Crippen molar-refractivity contribution in [3.05, 3.63) is 145 Å². The van der Waals surface area contributed by atoms with Crippen LogP contribution in [0.2, 0.25) is 0 Å². The molecule has 0 saturated carbocycles. The minimum atomic E-state index is -0.962. The first-order valence-corrected chi connectivity index (χ1v) is 12.2. The van der Waals surface area contributed by atoms with Crippen LogP contribution in [0.1, 0.15) is 32.9 Å². The molecule has 8 aromatic carbocycles. The van der Waals surface area contributed by atoms with Crippen molar-refractivity contribution >= 4 is 65.0 Å². The lowest BCUT2D eigenvalue weighted by molar-refractivity contribution is 0.669. The number of fused-ring (bicyclic) bond motifs is 8. The second kappa shape index (κ2) is 8.55. The largest absolute Gasteiger partial charge is 0.456 e. The van der Waals surface area contributed by atoms with Crippen molar-refractivity contribution in [2.45, 2.75) is 0 Å². The van der Waals surface area contributed by atoms with Crippen molar-refractivity contribution in [1.29, 1.82) is 0 Å². The zero-order valence-corrected chi connectivity index (χ0v) is 20.4. The van der Waals surface area contributed by atoms with Gasteiger partial charge in [-0.05, 0) is 83.5 Å². The van der Waals surface area contributed by atoms with E-state index in [2.05, 4.69) is 0 Å². The zero-order valence-electron chi connectivity index (χ0n) is 44.4. The topological polar surface area (TPSA) is 13.1 Å². The van der Waals surface area contributed by atoms with Crippen LogP contribution in [0.4, 0.5) is 0 Å². The highest BCUT2D eigenvalue weighted by atomic mass is 16.3. The fourth-order valence-corrected chi connectivity index (χ4v) is 5.20. The van der Waals surface area contributed by atoms with Crippen molar-refractivity contribution in [1.82, 2.24) is 0 Å². The van der Waals surface area contributed by atoms with Gasteiger partial charge in [0.1, 0.15) is 11.2 Å². The maximum atomic E-state index is 9.66. The lowest BCUT2D eigenvalue weighted by Crippen LogP contribution is -1.91. The molecule has 0 radical (unpaired) electrons. The molecule has 0 amide bonds. The van der Waals surface area contributed by atoms with Crippen molar-refractivity contribution in [3.8, 4) is 22.3 Å². The average molecular weight is 545 g/mol. The SMILES string of the molecule is [2H]c1c([2H])c([2H])c2c(oc3c([2H])c([2H])c([2H])c(-c4c5c([2H])c([2H])c([2H])c([2H])c5c(-c5c([2H])c([2H])c6c(c5[2H])c([2H])c([2H])c5c([2H])c([2H])c([2H])c([2H])c56)c5c([2H])c([2H])c([2H])c([2H])c45)c32)c1[2H]. The summed E-state index contributed by atoms with van der Waals surface area (Å²) in [5.41, 5.74) is -3.76. The summed E-state index contributed by atoms with van der Waals surface area (Å²) < 4.78 is 220. The lowest BCUT2D eigenvalue weighted by atomic mass is 9.84. The van der Waals surface area contributed by atoms with Crippen molar-refractivity contribution in [3.63, 3.8) is 0 Å². The Balaban J connectivity index is 1.66. The summed E-state index contributed by atoms with van der Waals surface area (Å²) in [6.07, 6.45) is 0. The normalized spacial score (nSPS) is 20.1. The molecule has 0 spiro atoms. The quantitative estimate of drug-likeness (QED) is 0.156. The summed E-state index contributed by atoms with van der Waals surface area (Å²) in [7, 11) is 0. The highest BCUT2D eigenvalue weighted by molar-refractivity contribution is 6.26. The Morgan fingerprint density at radius 1 is 0.390 bits per heavy atom. The first kappa shape index (κ1) is 9.33. The molecule has 0 atom stereocenters. The molecule has 1 nitrogen and oxygen atoms in total. The van der Waals surface area contributed by atoms with Gasteiger partial charge in [-0.2, -0.15) is 0 Å². The molecule has 1 heteroatoms. The summed E-state index contributed by atoms with van der Waals surface area (Å²) in [5, 5.41) is -5.64. The van der Waals surface area contributed by atoms with E-state index in [4.69, 9.17) is 26.3 Å². The molecule has 0 saturated heterocycles. The van der Waals surface area contributed by atoms with Crippen molar-refractivity contribution in [2.24, 2.45) is 0 Å². The minimum absolute atomic E-state index is 0.440. The third kappa shape index (κ3) is 3.24. The Hall–Kier alpha value is -5.40. The minimum Gasteiger partial charge on any atom is -0.456 e. The molecule has 9 aromatic rings. The van der Waals surface area contributed by atoms with Crippen LogP contribution in [0, 0.1) is 0 Å². The zero-order chi connectivity index (χ0) is 47.8. The van der Waals surface area contributed by atoms with Crippen LogP contribution in [-0.4, -0.2) is 0 Å². The van der Waals surface area contributed by atoms with E-state index in [1.165, 1.54) is 0 Å². The Morgan fingerprint density at radius 2 is 0.951 bits per heavy atom. The molecule has 0 bridgehead atoms. The number of benzene rings is 8. The summed E-state index contributed by atoms with van der Waals surface area (Å²) in [6, 6.07) is -20.5. The van der Waals surface area contributed by atoms with Crippen LogP contribution in [0.5, 0.6) is 0 Å². The molecule has 9 rings (SSSR count). The average Bonchev–Trinajstić information content (AvgIpc) is 3.68. The van der Waals surface area contributed by atoms with Gasteiger partial charge in [0.15, 0.2) is 0 Å². The van der Waals surface area contributed by atoms with Gasteiger partial charge in [-0.25, -0.2) is 0 Å². The fourth-order valence-electron chi connectivity index (χ4n) is 5.20. The summed E-state index contributed by atoms with van der Waals surface area (Å²) >= 11 is 0. The van der Waals surface area contributed by atoms with E-state index in [9.17, 15) is 11.0 Å². The summed E-state index contributed by atoms with van der Waals surface area (Å²) in [6.45, 7) is 0. The van der Waals surface area contributed by atoms with Gasteiger partial charge in [0, 0.05) is 10.8 Å². The maximum Gasteiger partial charge on any atom is 0.136 e. The Labute approximate surface area is 270 Å². The van der Waals surface area contributed by atoms with Gasteiger partial charge in [-0.3, -0.25) is 0 Å². The van der Waals surface area contributed by atoms with Crippen LogP contribution in [-0.2, 0) is 0 Å². The van der Waals surface area contributed by atoms with Gasteiger partial charge in [0.25, 0.3) is 0 Å². The number of rotatable bonds is 2. The van der Waals surface area contributed by atoms with Crippen LogP contribution < -0.4 is 0 Å². The molecule has 0 aliphatic carbocycles. The van der Waals surface area contributed by atoms with Crippen molar-refractivity contribution < 1.29 is 37.3 Å². The molecule has 1 heterocycles. The smallest absolute Gasteiger partial charge is 0.136 e. The number of hydrogen-bond acceptors (Lipinski definition) is 1. The van der Waals surface area contributed by atoms with Gasteiger partial charge in [-0.15, -0.1) is 0 Å². The van der Waals surface area contributed by atoms with Gasteiger partial charge < -0.3 is 4.42 Å². The maximum absolute atomic E-state index is 9.66. The van der Waals surface area contributed by atoms with Crippen molar-refractivity contribution in [2.75, 3.05) is 0 Å². The van der Waals surface area contributed by atoms with E-state index < -0.39 is 232 Å². The van der Waals surface area contributed by atoms with E-state index in [-0.39, 0.29) is 0 Å². The van der Waals surface area contributed by atoms with Crippen LogP contribution in [0.3, 0.4) is 0 Å².